The van der Waals surface area contributed by atoms with Crippen molar-refractivity contribution < 1.29 is 4.79 Å². The predicted molar refractivity (Wildman–Crippen MR) is 74.6 cm³/mol. The summed E-state index contributed by atoms with van der Waals surface area (Å²) in [5.74, 6) is 0.767. The van der Waals surface area contributed by atoms with Crippen LogP contribution in [0.25, 0.3) is 5.52 Å². The third-order valence-electron chi connectivity index (χ3n) is 3.09. The molecule has 0 radical (unpaired) electrons. The van der Waals surface area contributed by atoms with E-state index in [1.165, 1.54) is 0 Å². The molecule has 0 atom stereocenters. The van der Waals surface area contributed by atoms with E-state index in [2.05, 4.69) is 10.3 Å². The number of hydrogen-bond acceptors (Lipinski definition) is 3. The topological polar surface area (TPSA) is 46.4 Å². The van der Waals surface area contributed by atoms with Gasteiger partial charge in [0, 0.05) is 25.0 Å². The van der Waals surface area contributed by atoms with E-state index in [0.717, 1.165) is 11.3 Å². The van der Waals surface area contributed by atoms with Gasteiger partial charge in [0.2, 0.25) is 5.78 Å². The Labute approximate surface area is 110 Å². The summed E-state index contributed by atoms with van der Waals surface area (Å²) in [5, 5.41) is 3.02. The monoisotopic (exact) mass is 251 g/mol. The first kappa shape index (κ1) is 11.5. The molecule has 0 unspecified atom stereocenters. The molecule has 2 aromatic heterocycles. The molecule has 4 nitrogen and oxygen atoms in total. The first-order valence-electron chi connectivity index (χ1n) is 6.05. The Balaban J connectivity index is 2.14. The van der Waals surface area contributed by atoms with Crippen LogP contribution in [0.3, 0.4) is 0 Å². The van der Waals surface area contributed by atoms with E-state index in [9.17, 15) is 4.79 Å². The third kappa shape index (κ3) is 1.87. The van der Waals surface area contributed by atoms with Crippen LogP contribution in [0, 0.1) is 0 Å². The van der Waals surface area contributed by atoms with E-state index in [1.807, 2.05) is 53.9 Å². The molecule has 0 saturated heterocycles. The van der Waals surface area contributed by atoms with Crippen LogP contribution in [0.1, 0.15) is 16.1 Å². The van der Waals surface area contributed by atoms with Gasteiger partial charge in [-0.2, -0.15) is 0 Å². The average Bonchev–Trinajstić information content (AvgIpc) is 2.91. The van der Waals surface area contributed by atoms with Crippen molar-refractivity contribution in [1.29, 1.82) is 0 Å². The molecule has 0 amide bonds. The number of aromatic nitrogens is 2. The number of fused-ring (bicyclic) bond motifs is 1. The quantitative estimate of drug-likeness (QED) is 0.728. The highest BCUT2D eigenvalue weighted by Crippen LogP contribution is 2.19. The van der Waals surface area contributed by atoms with Crippen LogP contribution < -0.4 is 5.32 Å². The Bertz CT molecular complexity index is 731. The summed E-state index contributed by atoms with van der Waals surface area (Å²) in [4.78, 5) is 16.7. The van der Waals surface area contributed by atoms with E-state index in [4.69, 9.17) is 0 Å². The van der Waals surface area contributed by atoms with Crippen molar-refractivity contribution in [2.75, 3.05) is 12.4 Å². The normalized spacial score (nSPS) is 10.6. The largest absolute Gasteiger partial charge is 0.371 e. The lowest BCUT2D eigenvalue weighted by molar-refractivity contribution is 0.103. The average molecular weight is 251 g/mol. The fourth-order valence-corrected chi connectivity index (χ4v) is 2.16. The van der Waals surface area contributed by atoms with Crippen LogP contribution >= 0.6 is 0 Å². The van der Waals surface area contributed by atoms with Gasteiger partial charge in [-0.25, -0.2) is 4.98 Å². The van der Waals surface area contributed by atoms with Crippen LogP contribution in [-0.4, -0.2) is 22.2 Å². The standard InChI is InChI=1S/C15H13N3O/c1-16-15-13-8-7-12(18(13)10-9-17-15)14(19)11-5-3-2-4-6-11/h2-10H,1H3,(H,16,17). The highest BCUT2D eigenvalue weighted by atomic mass is 16.1. The number of anilines is 1. The smallest absolute Gasteiger partial charge is 0.209 e. The summed E-state index contributed by atoms with van der Waals surface area (Å²) in [5.41, 5.74) is 2.22. The highest BCUT2D eigenvalue weighted by Gasteiger charge is 2.14. The van der Waals surface area contributed by atoms with Crippen LogP contribution in [-0.2, 0) is 0 Å². The van der Waals surface area contributed by atoms with Gasteiger partial charge in [0.1, 0.15) is 5.82 Å². The Hall–Kier alpha value is -2.62. The molecule has 1 N–H and O–H groups in total. The number of rotatable bonds is 3. The maximum Gasteiger partial charge on any atom is 0.209 e. The summed E-state index contributed by atoms with van der Waals surface area (Å²) in [6.07, 6.45) is 3.48. The van der Waals surface area contributed by atoms with Crippen molar-refractivity contribution in [2.24, 2.45) is 0 Å². The Kier molecular flexibility index (Phi) is 2.76. The molecule has 0 bridgehead atoms. The minimum atomic E-state index is 0.00820. The first-order chi connectivity index (χ1) is 9.31. The number of nitrogens with one attached hydrogen (secondary N) is 1. The van der Waals surface area contributed by atoms with Crippen molar-refractivity contribution in [3.8, 4) is 0 Å². The van der Waals surface area contributed by atoms with Gasteiger partial charge in [-0.05, 0) is 12.1 Å². The molecule has 1 aromatic carbocycles. The zero-order valence-electron chi connectivity index (χ0n) is 10.5. The summed E-state index contributed by atoms with van der Waals surface area (Å²) < 4.78 is 1.86. The summed E-state index contributed by atoms with van der Waals surface area (Å²) in [6, 6.07) is 13.0. The lowest BCUT2D eigenvalue weighted by atomic mass is 10.1. The van der Waals surface area contributed by atoms with E-state index in [-0.39, 0.29) is 5.78 Å². The van der Waals surface area contributed by atoms with E-state index in [1.54, 1.807) is 12.4 Å². The number of nitrogens with zero attached hydrogens (tertiary/aromatic N) is 2. The van der Waals surface area contributed by atoms with Crippen molar-refractivity contribution in [3.05, 3.63) is 66.1 Å². The molecule has 3 rings (SSSR count). The Morgan fingerprint density at radius 2 is 1.95 bits per heavy atom. The molecule has 0 saturated carbocycles. The SMILES string of the molecule is CNc1nccn2c(C(=O)c3ccccc3)ccc12. The zero-order chi connectivity index (χ0) is 13.2. The minimum absolute atomic E-state index is 0.00820. The molecule has 0 fully saturated rings. The molecule has 4 heteroatoms. The number of hydrogen-bond donors (Lipinski definition) is 1. The predicted octanol–water partition coefficient (Wildman–Crippen LogP) is 2.61. The molecule has 3 aromatic rings. The van der Waals surface area contributed by atoms with E-state index in [0.29, 0.717) is 11.3 Å². The van der Waals surface area contributed by atoms with Crippen LogP contribution in [0.15, 0.2) is 54.9 Å². The Morgan fingerprint density at radius 1 is 1.16 bits per heavy atom. The molecule has 19 heavy (non-hydrogen) atoms. The van der Waals surface area contributed by atoms with E-state index >= 15 is 0 Å². The second kappa shape index (κ2) is 4.57. The molecule has 94 valence electrons. The van der Waals surface area contributed by atoms with Crippen molar-refractivity contribution >= 4 is 17.1 Å². The van der Waals surface area contributed by atoms with Gasteiger partial charge in [-0.1, -0.05) is 30.3 Å². The number of benzene rings is 1. The molecule has 0 spiro atoms. The number of ketones is 1. The summed E-state index contributed by atoms with van der Waals surface area (Å²) >= 11 is 0. The van der Waals surface area contributed by atoms with Gasteiger partial charge < -0.3 is 9.72 Å². The summed E-state index contributed by atoms with van der Waals surface area (Å²) in [7, 11) is 1.81. The van der Waals surface area contributed by atoms with Gasteiger partial charge in [0.15, 0.2) is 0 Å². The van der Waals surface area contributed by atoms with Crippen molar-refractivity contribution in [2.45, 2.75) is 0 Å². The first-order valence-corrected chi connectivity index (χ1v) is 6.05. The molecule has 2 heterocycles. The molecule has 0 aliphatic heterocycles. The second-order valence-corrected chi connectivity index (χ2v) is 4.19. The fourth-order valence-electron chi connectivity index (χ4n) is 2.16. The second-order valence-electron chi connectivity index (χ2n) is 4.19. The fraction of sp³-hybridized carbons (Fsp3) is 0.0667. The third-order valence-corrected chi connectivity index (χ3v) is 3.09. The van der Waals surface area contributed by atoms with Crippen molar-refractivity contribution in [3.63, 3.8) is 0 Å². The maximum absolute atomic E-state index is 12.5. The van der Waals surface area contributed by atoms with Gasteiger partial charge in [0.25, 0.3) is 0 Å². The maximum atomic E-state index is 12.5. The number of carbonyl (C=O) groups is 1. The van der Waals surface area contributed by atoms with E-state index < -0.39 is 0 Å². The highest BCUT2D eigenvalue weighted by molar-refractivity contribution is 6.08. The van der Waals surface area contributed by atoms with Gasteiger partial charge in [-0.3, -0.25) is 4.79 Å². The van der Waals surface area contributed by atoms with Crippen LogP contribution in [0.4, 0.5) is 5.82 Å². The zero-order valence-corrected chi connectivity index (χ0v) is 10.5. The molecular formula is C15H13N3O. The van der Waals surface area contributed by atoms with Crippen LogP contribution in [0.5, 0.6) is 0 Å². The molecular weight excluding hydrogens is 238 g/mol. The van der Waals surface area contributed by atoms with Gasteiger partial charge >= 0.3 is 0 Å². The summed E-state index contributed by atoms with van der Waals surface area (Å²) in [6.45, 7) is 0. The molecule has 0 aliphatic rings. The van der Waals surface area contributed by atoms with Gasteiger partial charge in [-0.15, -0.1) is 0 Å². The van der Waals surface area contributed by atoms with Gasteiger partial charge in [0.05, 0.1) is 11.2 Å². The Morgan fingerprint density at radius 3 is 2.68 bits per heavy atom. The lowest BCUT2D eigenvalue weighted by Gasteiger charge is -2.05. The van der Waals surface area contributed by atoms with Crippen LogP contribution in [0.2, 0.25) is 0 Å². The number of carbonyl (C=O) groups excluding carboxylic acids is 1. The minimum Gasteiger partial charge on any atom is -0.371 e. The van der Waals surface area contributed by atoms with Crippen molar-refractivity contribution in [1.82, 2.24) is 9.38 Å². The molecule has 0 aliphatic carbocycles. The lowest BCUT2D eigenvalue weighted by Crippen LogP contribution is -2.06.